The molecule has 3 rings (SSSR count). The number of benzene rings is 1. The van der Waals surface area contributed by atoms with Gasteiger partial charge in [-0.15, -0.1) is 0 Å². The summed E-state index contributed by atoms with van der Waals surface area (Å²) < 4.78 is 10.9. The summed E-state index contributed by atoms with van der Waals surface area (Å²) in [5.41, 5.74) is 0. The van der Waals surface area contributed by atoms with E-state index in [0.717, 1.165) is 51.4 Å². The van der Waals surface area contributed by atoms with E-state index in [4.69, 9.17) is 9.47 Å². The third kappa shape index (κ3) is 6.49. The van der Waals surface area contributed by atoms with Crippen LogP contribution in [0.25, 0.3) is 0 Å². The highest BCUT2D eigenvalue weighted by molar-refractivity contribution is 5.80. The van der Waals surface area contributed by atoms with Gasteiger partial charge < -0.3 is 19.7 Å². The van der Waals surface area contributed by atoms with Crippen LogP contribution >= 0.6 is 0 Å². The number of likely N-dealkylation sites (tertiary alicyclic amines) is 1. The van der Waals surface area contributed by atoms with Crippen LogP contribution in [0, 0.1) is 5.92 Å². The van der Waals surface area contributed by atoms with Gasteiger partial charge in [0.1, 0.15) is 5.75 Å². The van der Waals surface area contributed by atoms with Gasteiger partial charge in [-0.2, -0.15) is 0 Å². The molecule has 2 amide bonds. The molecule has 0 aromatic heterocycles. The number of piperidine rings is 1. The first-order valence-corrected chi connectivity index (χ1v) is 10.3. The van der Waals surface area contributed by atoms with Crippen molar-refractivity contribution in [1.82, 2.24) is 15.1 Å². The van der Waals surface area contributed by atoms with E-state index in [9.17, 15) is 9.59 Å². The normalized spacial score (nSPS) is 18.6. The summed E-state index contributed by atoms with van der Waals surface area (Å²) in [7, 11) is 0. The molecule has 2 saturated heterocycles. The summed E-state index contributed by atoms with van der Waals surface area (Å²) >= 11 is 0. The molecule has 1 aromatic rings. The molecule has 0 bridgehead atoms. The molecule has 7 nitrogen and oxygen atoms in total. The highest BCUT2D eigenvalue weighted by Gasteiger charge is 2.27. The number of nitrogens with zero attached hydrogens (tertiary/aromatic N) is 2. The van der Waals surface area contributed by atoms with Crippen molar-refractivity contribution < 1.29 is 19.1 Å². The van der Waals surface area contributed by atoms with E-state index < -0.39 is 0 Å². The molecule has 0 spiro atoms. The first-order chi connectivity index (χ1) is 13.7. The van der Waals surface area contributed by atoms with Gasteiger partial charge in [0.05, 0.1) is 26.2 Å². The summed E-state index contributed by atoms with van der Waals surface area (Å²) in [5.74, 6) is 1.01. The van der Waals surface area contributed by atoms with Crippen molar-refractivity contribution in [2.24, 2.45) is 5.92 Å². The highest BCUT2D eigenvalue weighted by Crippen LogP contribution is 2.18. The van der Waals surface area contributed by atoms with E-state index in [1.54, 1.807) is 0 Å². The minimum absolute atomic E-state index is 0.00862. The average Bonchev–Trinajstić information content (AvgIpc) is 2.75. The fourth-order valence-electron chi connectivity index (χ4n) is 3.63. The zero-order valence-electron chi connectivity index (χ0n) is 16.5. The second kappa shape index (κ2) is 11.0. The molecule has 154 valence electrons. The van der Waals surface area contributed by atoms with Crippen LogP contribution in [0.2, 0.25) is 0 Å². The molecule has 2 fully saturated rings. The van der Waals surface area contributed by atoms with Crippen LogP contribution in [0.1, 0.15) is 19.3 Å². The lowest BCUT2D eigenvalue weighted by Gasteiger charge is -2.32. The summed E-state index contributed by atoms with van der Waals surface area (Å²) in [5, 5.41) is 3.05. The van der Waals surface area contributed by atoms with E-state index in [1.807, 2.05) is 35.2 Å². The SMILES string of the molecule is O=C(NCCN1CCOCC1)C1CCN(C(=O)CCOc2ccccc2)CC1. The Morgan fingerprint density at radius 1 is 1.07 bits per heavy atom. The predicted molar refractivity (Wildman–Crippen MR) is 106 cm³/mol. The van der Waals surface area contributed by atoms with E-state index in [2.05, 4.69) is 10.2 Å². The third-order valence-corrected chi connectivity index (χ3v) is 5.38. The molecule has 2 heterocycles. The van der Waals surface area contributed by atoms with Gasteiger partial charge in [0, 0.05) is 45.2 Å². The Labute approximate surface area is 167 Å². The number of para-hydroxylation sites is 1. The lowest BCUT2D eigenvalue weighted by atomic mass is 9.95. The molecule has 28 heavy (non-hydrogen) atoms. The Bertz CT molecular complexity index is 611. The zero-order valence-corrected chi connectivity index (χ0v) is 16.5. The molecule has 0 aliphatic carbocycles. The number of carbonyl (C=O) groups excluding carboxylic acids is 2. The van der Waals surface area contributed by atoms with Crippen LogP contribution in [0.4, 0.5) is 0 Å². The number of rotatable bonds is 8. The van der Waals surface area contributed by atoms with Crippen LogP contribution < -0.4 is 10.1 Å². The fraction of sp³-hybridized carbons (Fsp3) is 0.619. The number of hydrogen-bond acceptors (Lipinski definition) is 5. The van der Waals surface area contributed by atoms with Gasteiger partial charge in [-0.05, 0) is 25.0 Å². The van der Waals surface area contributed by atoms with Crippen LogP contribution in [0.5, 0.6) is 5.75 Å². The maximum absolute atomic E-state index is 12.4. The fourth-order valence-corrected chi connectivity index (χ4v) is 3.63. The van der Waals surface area contributed by atoms with Crippen molar-refractivity contribution in [3.63, 3.8) is 0 Å². The van der Waals surface area contributed by atoms with E-state index in [1.165, 1.54) is 0 Å². The van der Waals surface area contributed by atoms with Crippen molar-refractivity contribution in [1.29, 1.82) is 0 Å². The molecule has 2 aliphatic rings. The first-order valence-electron chi connectivity index (χ1n) is 10.3. The zero-order chi connectivity index (χ0) is 19.6. The van der Waals surface area contributed by atoms with Crippen molar-refractivity contribution in [3.05, 3.63) is 30.3 Å². The van der Waals surface area contributed by atoms with Gasteiger partial charge in [-0.25, -0.2) is 0 Å². The number of morpholine rings is 1. The molecule has 7 heteroatoms. The average molecular weight is 389 g/mol. The number of amides is 2. The summed E-state index contributed by atoms with van der Waals surface area (Å²) in [6.45, 7) is 6.63. The molecular weight excluding hydrogens is 358 g/mol. The van der Waals surface area contributed by atoms with Gasteiger partial charge in [-0.1, -0.05) is 18.2 Å². The number of carbonyl (C=O) groups is 2. The quantitative estimate of drug-likeness (QED) is 0.722. The van der Waals surface area contributed by atoms with Crippen molar-refractivity contribution in [2.45, 2.75) is 19.3 Å². The lowest BCUT2D eigenvalue weighted by molar-refractivity contribution is -0.136. The number of nitrogens with one attached hydrogen (secondary N) is 1. The van der Waals surface area contributed by atoms with Crippen LogP contribution in [0.15, 0.2) is 30.3 Å². The minimum Gasteiger partial charge on any atom is -0.493 e. The van der Waals surface area contributed by atoms with E-state index >= 15 is 0 Å². The maximum atomic E-state index is 12.4. The second-order valence-corrected chi connectivity index (χ2v) is 7.31. The van der Waals surface area contributed by atoms with Crippen LogP contribution in [-0.2, 0) is 14.3 Å². The van der Waals surface area contributed by atoms with Crippen LogP contribution in [-0.4, -0.2) is 80.7 Å². The van der Waals surface area contributed by atoms with Crippen molar-refractivity contribution in [2.75, 3.05) is 59.1 Å². The molecule has 0 atom stereocenters. The molecule has 0 saturated carbocycles. The van der Waals surface area contributed by atoms with Gasteiger partial charge in [0.25, 0.3) is 0 Å². The van der Waals surface area contributed by atoms with Gasteiger partial charge in [0.15, 0.2) is 0 Å². The number of hydrogen-bond donors (Lipinski definition) is 1. The molecule has 1 aromatic carbocycles. The molecule has 2 aliphatic heterocycles. The molecule has 0 radical (unpaired) electrons. The Morgan fingerprint density at radius 3 is 2.50 bits per heavy atom. The summed E-state index contributed by atoms with van der Waals surface area (Å²) in [6, 6.07) is 9.52. The Balaban J connectivity index is 1.28. The van der Waals surface area contributed by atoms with Gasteiger partial charge in [0.2, 0.25) is 11.8 Å². The standard InChI is InChI=1S/C21H31N3O4/c25-20(8-15-28-19-4-2-1-3-5-19)24-10-6-18(7-11-24)21(26)22-9-12-23-13-16-27-17-14-23/h1-5,18H,6-17H2,(H,22,26). The maximum Gasteiger partial charge on any atom is 0.225 e. The largest absolute Gasteiger partial charge is 0.493 e. The Morgan fingerprint density at radius 2 is 1.79 bits per heavy atom. The van der Waals surface area contributed by atoms with Crippen molar-refractivity contribution in [3.8, 4) is 5.75 Å². The second-order valence-electron chi connectivity index (χ2n) is 7.31. The third-order valence-electron chi connectivity index (χ3n) is 5.38. The summed E-state index contributed by atoms with van der Waals surface area (Å²) in [4.78, 5) is 28.9. The van der Waals surface area contributed by atoms with Gasteiger partial charge in [-0.3, -0.25) is 14.5 Å². The Kier molecular flexibility index (Phi) is 8.11. The van der Waals surface area contributed by atoms with Crippen LogP contribution in [0.3, 0.4) is 0 Å². The highest BCUT2D eigenvalue weighted by atomic mass is 16.5. The summed E-state index contributed by atoms with van der Waals surface area (Å²) in [6.07, 6.45) is 1.83. The topological polar surface area (TPSA) is 71.1 Å². The van der Waals surface area contributed by atoms with Crippen molar-refractivity contribution >= 4 is 11.8 Å². The monoisotopic (exact) mass is 389 g/mol. The molecule has 0 unspecified atom stereocenters. The first kappa shape index (κ1) is 20.6. The lowest BCUT2D eigenvalue weighted by Crippen LogP contribution is -2.45. The number of ether oxygens (including phenoxy) is 2. The smallest absolute Gasteiger partial charge is 0.225 e. The van der Waals surface area contributed by atoms with Gasteiger partial charge >= 0.3 is 0 Å². The Hall–Kier alpha value is -2.12. The predicted octanol–water partition coefficient (Wildman–Crippen LogP) is 1.14. The van der Waals surface area contributed by atoms with E-state index in [0.29, 0.717) is 32.7 Å². The molecule has 1 N–H and O–H groups in total. The van der Waals surface area contributed by atoms with E-state index in [-0.39, 0.29) is 17.7 Å². The molecular formula is C21H31N3O4. The minimum atomic E-state index is 0.00862.